The van der Waals surface area contributed by atoms with E-state index in [0.29, 0.717) is 5.92 Å². The van der Waals surface area contributed by atoms with Gasteiger partial charge in [-0.3, -0.25) is 0 Å². The Kier molecular flexibility index (Phi) is 3.35. The number of aromatic nitrogens is 1. The molecule has 2 rings (SSSR count). The lowest BCUT2D eigenvalue weighted by Crippen LogP contribution is -2.46. The SMILES string of the molecule is CC1CN(C)C(C)(C)CC(C)(C)c2cccn2C1. The quantitative estimate of drug-likeness (QED) is 0.682. The average molecular weight is 248 g/mol. The van der Waals surface area contributed by atoms with Crippen LogP contribution in [0.5, 0.6) is 0 Å². The summed E-state index contributed by atoms with van der Waals surface area (Å²) in [4.78, 5) is 2.53. The van der Waals surface area contributed by atoms with Crippen molar-refractivity contribution >= 4 is 0 Å². The summed E-state index contributed by atoms with van der Waals surface area (Å²) in [6.45, 7) is 14.2. The molecular formula is C16H28N2. The first-order valence-electron chi connectivity index (χ1n) is 7.09. The van der Waals surface area contributed by atoms with Crippen molar-refractivity contribution in [3.63, 3.8) is 0 Å². The summed E-state index contributed by atoms with van der Waals surface area (Å²) >= 11 is 0. The molecule has 0 bridgehead atoms. The predicted octanol–water partition coefficient (Wildman–Crippen LogP) is 3.52. The third-order valence-electron chi connectivity index (χ3n) is 4.52. The normalized spacial score (nSPS) is 28.0. The van der Waals surface area contributed by atoms with Crippen molar-refractivity contribution in [3.8, 4) is 0 Å². The van der Waals surface area contributed by atoms with E-state index in [1.54, 1.807) is 0 Å². The van der Waals surface area contributed by atoms with Gasteiger partial charge < -0.3 is 9.47 Å². The van der Waals surface area contributed by atoms with Crippen molar-refractivity contribution in [3.05, 3.63) is 24.0 Å². The third-order valence-corrected chi connectivity index (χ3v) is 4.52. The van der Waals surface area contributed by atoms with E-state index in [-0.39, 0.29) is 11.0 Å². The highest BCUT2D eigenvalue weighted by Gasteiger charge is 2.36. The van der Waals surface area contributed by atoms with E-state index in [2.05, 4.69) is 69.5 Å². The molecule has 0 aliphatic carbocycles. The van der Waals surface area contributed by atoms with E-state index >= 15 is 0 Å². The zero-order chi connectivity index (χ0) is 13.6. The number of fused-ring (bicyclic) bond motifs is 1. The summed E-state index contributed by atoms with van der Waals surface area (Å²) in [6.07, 6.45) is 3.43. The van der Waals surface area contributed by atoms with Crippen LogP contribution in [-0.4, -0.2) is 28.6 Å². The van der Waals surface area contributed by atoms with Gasteiger partial charge >= 0.3 is 0 Å². The molecule has 2 nitrogen and oxygen atoms in total. The summed E-state index contributed by atoms with van der Waals surface area (Å²) in [7, 11) is 2.27. The molecule has 1 aliphatic heterocycles. The minimum Gasteiger partial charge on any atom is -0.351 e. The lowest BCUT2D eigenvalue weighted by molar-refractivity contribution is 0.108. The second-order valence-corrected chi connectivity index (χ2v) is 7.40. The number of nitrogens with zero attached hydrogens (tertiary/aromatic N) is 2. The molecule has 1 atom stereocenters. The fourth-order valence-corrected chi connectivity index (χ4v) is 3.60. The zero-order valence-corrected chi connectivity index (χ0v) is 12.8. The van der Waals surface area contributed by atoms with Crippen molar-refractivity contribution in [2.75, 3.05) is 13.6 Å². The lowest BCUT2D eigenvalue weighted by Gasteiger charge is -2.41. The van der Waals surface area contributed by atoms with Crippen LogP contribution in [0.3, 0.4) is 0 Å². The number of hydrogen-bond donors (Lipinski definition) is 0. The van der Waals surface area contributed by atoms with Crippen LogP contribution in [0.1, 0.15) is 46.7 Å². The van der Waals surface area contributed by atoms with Crippen LogP contribution in [0.4, 0.5) is 0 Å². The molecular weight excluding hydrogens is 220 g/mol. The average Bonchev–Trinajstić information content (AvgIpc) is 2.63. The summed E-state index contributed by atoms with van der Waals surface area (Å²) in [6, 6.07) is 4.50. The zero-order valence-electron chi connectivity index (χ0n) is 12.8. The molecule has 0 aromatic carbocycles. The first-order valence-corrected chi connectivity index (χ1v) is 7.09. The van der Waals surface area contributed by atoms with Crippen molar-refractivity contribution in [2.24, 2.45) is 5.92 Å². The first-order chi connectivity index (χ1) is 8.22. The van der Waals surface area contributed by atoms with Gasteiger partial charge in [-0.15, -0.1) is 0 Å². The molecule has 2 heterocycles. The van der Waals surface area contributed by atoms with Crippen LogP contribution in [0.15, 0.2) is 18.3 Å². The smallest absolute Gasteiger partial charge is 0.0260 e. The van der Waals surface area contributed by atoms with Crippen LogP contribution in [-0.2, 0) is 12.0 Å². The molecule has 0 saturated carbocycles. The fraction of sp³-hybridized carbons (Fsp3) is 0.750. The van der Waals surface area contributed by atoms with E-state index in [1.807, 2.05) is 0 Å². The van der Waals surface area contributed by atoms with Crippen LogP contribution in [0.2, 0.25) is 0 Å². The van der Waals surface area contributed by atoms with Gasteiger partial charge in [0.15, 0.2) is 0 Å². The Morgan fingerprint density at radius 1 is 1.17 bits per heavy atom. The molecule has 0 saturated heterocycles. The van der Waals surface area contributed by atoms with Crippen molar-refractivity contribution < 1.29 is 0 Å². The highest BCUT2D eigenvalue weighted by Crippen LogP contribution is 2.36. The van der Waals surface area contributed by atoms with Gasteiger partial charge in [0.1, 0.15) is 0 Å². The molecule has 1 aromatic rings. The Hall–Kier alpha value is -0.760. The monoisotopic (exact) mass is 248 g/mol. The van der Waals surface area contributed by atoms with Gasteiger partial charge in [0.2, 0.25) is 0 Å². The van der Waals surface area contributed by atoms with Gasteiger partial charge in [0, 0.05) is 35.9 Å². The minimum absolute atomic E-state index is 0.227. The van der Waals surface area contributed by atoms with E-state index in [0.717, 1.165) is 6.54 Å². The Labute approximate surface area is 112 Å². The maximum atomic E-state index is 2.53. The van der Waals surface area contributed by atoms with Crippen LogP contribution < -0.4 is 0 Å². The van der Waals surface area contributed by atoms with Crippen molar-refractivity contribution in [1.29, 1.82) is 0 Å². The molecule has 1 unspecified atom stereocenters. The van der Waals surface area contributed by atoms with Crippen LogP contribution in [0, 0.1) is 5.92 Å². The van der Waals surface area contributed by atoms with Gasteiger partial charge in [-0.2, -0.15) is 0 Å². The molecule has 0 N–H and O–H groups in total. The molecule has 0 fully saturated rings. The fourth-order valence-electron chi connectivity index (χ4n) is 3.60. The van der Waals surface area contributed by atoms with E-state index in [9.17, 15) is 0 Å². The second-order valence-electron chi connectivity index (χ2n) is 7.40. The van der Waals surface area contributed by atoms with Crippen LogP contribution >= 0.6 is 0 Å². The predicted molar refractivity (Wildman–Crippen MR) is 77.9 cm³/mol. The van der Waals surface area contributed by atoms with E-state index in [4.69, 9.17) is 0 Å². The number of hydrogen-bond acceptors (Lipinski definition) is 1. The largest absolute Gasteiger partial charge is 0.351 e. The van der Waals surface area contributed by atoms with Gasteiger partial charge in [-0.25, -0.2) is 0 Å². The lowest BCUT2D eigenvalue weighted by atomic mass is 9.77. The van der Waals surface area contributed by atoms with Gasteiger partial charge in [0.25, 0.3) is 0 Å². The highest BCUT2D eigenvalue weighted by molar-refractivity contribution is 5.19. The Morgan fingerprint density at radius 3 is 2.50 bits per heavy atom. The highest BCUT2D eigenvalue weighted by atomic mass is 15.2. The number of rotatable bonds is 0. The van der Waals surface area contributed by atoms with Gasteiger partial charge in [0.05, 0.1) is 0 Å². The Balaban J connectivity index is 2.43. The first kappa shape index (κ1) is 13.7. The van der Waals surface area contributed by atoms with Crippen LogP contribution in [0.25, 0.3) is 0 Å². The molecule has 0 amide bonds. The Morgan fingerprint density at radius 2 is 1.83 bits per heavy atom. The summed E-state index contributed by atoms with van der Waals surface area (Å²) in [5.41, 5.74) is 1.96. The maximum absolute atomic E-state index is 2.53. The second kappa shape index (κ2) is 4.41. The summed E-state index contributed by atoms with van der Waals surface area (Å²) in [5.74, 6) is 0.689. The van der Waals surface area contributed by atoms with E-state index < -0.39 is 0 Å². The minimum atomic E-state index is 0.227. The molecule has 2 heteroatoms. The van der Waals surface area contributed by atoms with Crippen molar-refractivity contribution in [1.82, 2.24) is 9.47 Å². The maximum Gasteiger partial charge on any atom is 0.0260 e. The molecule has 1 aliphatic rings. The van der Waals surface area contributed by atoms with Gasteiger partial charge in [-0.05, 0) is 45.4 Å². The Bertz CT molecular complexity index is 414. The third kappa shape index (κ3) is 2.49. The molecule has 0 spiro atoms. The summed E-state index contributed by atoms with van der Waals surface area (Å²) < 4.78 is 2.46. The molecule has 1 aromatic heterocycles. The van der Waals surface area contributed by atoms with Crippen molar-refractivity contribution in [2.45, 2.75) is 58.5 Å². The standard InChI is InChI=1S/C16H28N2/c1-13-10-17(6)16(4,5)12-15(2,3)14-8-7-9-18(14)11-13/h7-9,13H,10-12H2,1-6H3. The topological polar surface area (TPSA) is 8.17 Å². The molecule has 0 radical (unpaired) electrons. The van der Waals surface area contributed by atoms with E-state index in [1.165, 1.54) is 18.7 Å². The molecule has 102 valence electrons. The summed E-state index contributed by atoms with van der Waals surface area (Å²) in [5, 5.41) is 0. The molecule has 18 heavy (non-hydrogen) atoms. The van der Waals surface area contributed by atoms with Gasteiger partial charge in [-0.1, -0.05) is 20.8 Å².